The van der Waals surface area contributed by atoms with Crippen LogP contribution in [0.5, 0.6) is 0 Å². The van der Waals surface area contributed by atoms with E-state index in [4.69, 9.17) is 0 Å². The summed E-state index contributed by atoms with van der Waals surface area (Å²) >= 11 is 0. The fourth-order valence-corrected chi connectivity index (χ4v) is 2.80. The van der Waals surface area contributed by atoms with E-state index < -0.39 is 0 Å². The van der Waals surface area contributed by atoms with Crippen LogP contribution in [-0.4, -0.2) is 11.8 Å². The second kappa shape index (κ2) is 9.33. The van der Waals surface area contributed by atoms with Crippen LogP contribution < -0.4 is 10.6 Å². The first kappa shape index (κ1) is 19.1. The van der Waals surface area contributed by atoms with Gasteiger partial charge in [0.25, 0.3) is 5.91 Å². The minimum atomic E-state index is -0.291. The highest BCUT2D eigenvalue weighted by atomic mass is 16.2. The van der Waals surface area contributed by atoms with Gasteiger partial charge in [-0.3, -0.25) is 9.59 Å². The van der Waals surface area contributed by atoms with Crippen molar-refractivity contribution in [1.82, 2.24) is 5.32 Å². The maximum Gasteiger partial charge on any atom is 0.253 e. The van der Waals surface area contributed by atoms with Gasteiger partial charge in [-0.1, -0.05) is 72.8 Å². The maximum atomic E-state index is 12.7. The molecule has 3 rings (SSSR count). The van der Waals surface area contributed by atoms with Gasteiger partial charge in [0.15, 0.2) is 0 Å². The summed E-state index contributed by atoms with van der Waals surface area (Å²) in [6.07, 6.45) is 3.19. The Labute approximate surface area is 164 Å². The van der Waals surface area contributed by atoms with E-state index in [1.807, 2.05) is 67.6 Å². The number of rotatable bonds is 6. The number of carbonyl (C=O) groups is 2. The first-order valence-corrected chi connectivity index (χ1v) is 9.12. The molecule has 4 nitrogen and oxygen atoms in total. The molecule has 0 aliphatic heterocycles. The molecule has 0 aliphatic carbocycles. The average Bonchev–Trinajstić information content (AvgIpc) is 2.74. The molecule has 0 aliphatic rings. The molecule has 28 heavy (non-hydrogen) atoms. The predicted octanol–water partition coefficient (Wildman–Crippen LogP) is 4.83. The van der Waals surface area contributed by atoms with Crippen LogP contribution in [0.2, 0.25) is 0 Å². The molecule has 4 heteroatoms. The van der Waals surface area contributed by atoms with E-state index in [2.05, 4.69) is 10.6 Å². The Morgan fingerprint density at radius 3 is 2.14 bits per heavy atom. The number of amides is 2. The fourth-order valence-electron chi connectivity index (χ4n) is 2.80. The van der Waals surface area contributed by atoms with E-state index in [1.54, 1.807) is 30.3 Å². The van der Waals surface area contributed by atoms with E-state index in [0.29, 0.717) is 11.3 Å². The number of benzene rings is 3. The summed E-state index contributed by atoms with van der Waals surface area (Å²) in [5.41, 5.74) is 2.85. The number of nitrogens with one attached hydrogen (secondary N) is 2. The molecular formula is C24H22N2O2. The van der Waals surface area contributed by atoms with Gasteiger partial charge in [-0.05, 0) is 36.3 Å². The first-order valence-electron chi connectivity index (χ1n) is 9.12. The summed E-state index contributed by atoms with van der Waals surface area (Å²) in [5.74, 6) is -0.528. The minimum absolute atomic E-state index is 0.143. The normalized spacial score (nSPS) is 11.8. The van der Waals surface area contributed by atoms with Gasteiger partial charge < -0.3 is 10.6 Å². The SMILES string of the molecule is C[C@@H](NC(=O)c1ccccc1NC(=O)/C=C/c1ccccc1)c1ccccc1. The Morgan fingerprint density at radius 1 is 0.821 bits per heavy atom. The highest BCUT2D eigenvalue weighted by molar-refractivity contribution is 6.07. The third kappa shape index (κ3) is 5.17. The number of anilines is 1. The third-order valence-corrected chi connectivity index (χ3v) is 4.30. The maximum absolute atomic E-state index is 12.7. The summed E-state index contributed by atoms with van der Waals surface area (Å²) < 4.78 is 0. The third-order valence-electron chi connectivity index (χ3n) is 4.30. The quantitative estimate of drug-likeness (QED) is 0.611. The smallest absolute Gasteiger partial charge is 0.253 e. The zero-order chi connectivity index (χ0) is 19.8. The molecule has 3 aromatic rings. The highest BCUT2D eigenvalue weighted by Gasteiger charge is 2.15. The minimum Gasteiger partial charge on any atom is -0.345 e. The molecule has 1 atom stereocenters. The standard InChI is InChI=1S/C24H22N2O2/c1-18(20-12-6-3-7-13-20)25-24(28)21-14-8-9-15-22(21)26-23(27)17-16-19-10-4-2-5-11-19/h2-18H,1H3,(H,25,28)(H,26,27)/b17-16+/t18-/m1/s1. The van der Waals surface area contributed by atoms with Crippen molar-refractivity contribution in [1.29, 1.82) is 0 Å². The second-order valence-corrected chi connectivity index (χ2v) is 6.38. The molecular weight excluding hydrogens is 348 g/mol. The van der Waals surface area contributed by atoms with Crippen molar-refractivity contribution in [2.24, 2.45) is 0 Å². The van der Waals surface area contributed by atoms with E-state index in [1.165, 1.54) is 6.08 Å². The Kier molecular flexibility index (Phi) is 6.37. The summed E-state index contributed by atoms with van der Waals surface area (Å²) in [7, 11) is 0. The average molecular weight is 370 g/mol. The van der Waals surface area contributed by atoms with Gasteiger partial charge in [-0.15, -0.1) is 0 Å². The van der Waals surface area contributed by atoms with Crippen molar-refractivity contribution in [2.75, 3.05) is 5.32 Å². The molecule has 0 radical (unpaired) electrons. The van der Waals surface area contributed by atoms with Gasteiger partial charge in [0, 0.05) is 6.08 Å². The van der Waals surface area contributed by atoms with E-state index >= 15 is 0 Å². The Hall–Kier alpha value is -3.66. The molecule has 2 N–H and O–H groups in total. The lowest BCUT2D eigenvalue weighted by Crippen LogP contribution is -2.27. The number of hydrogen-bond donors (Lipinski definition) is 2. The lowest BCUT2D eigenvalue weighted by atomic mass is 10.1. The van der Waals surface area contributed by atoms with Crippen LogP contribution in [0.1, 0.15) is 34.5 Å². The van der Waals surface area contributed by atoms with Crippen molar-refractivity contribution in [3.05, 3.63) is 108 Å². The van der Waals surface area contributed by atoms with E-state index in [-0.39, 0.29) is 17.9 Å². The van der Waals surface area contributed by atoms with Gasteiger partial charge in [-0.2, -0.15) is 0 Å². The van der Waals surface area contributed by atoms with Crippen LogP contribution in [-0.2, 0) is 4.79 Å². The molecule has 0 spiro atoms. The molecule has 0 saturated heterocycles. The van der Waals surface area contributed by atoms with Crippen LogP contribution in [0, 0.1) is 0 Å². The van der Waals surface area contributed by atoms with Crippen molar-refractivity contribution in [2.45, 2.75) is 13.0 Å². The van der Waals surface area contributed by atoms with Crippen LogP contribution in [0.15, 0.2) is 91.0 Å². The van der Waals surface area contributed by atoms with Crippen LogP contribution in [0.25, 0.3) is 6.08 Å². The predicted molar refractivity (Wildman–Crippen MR) is 113 cm³/mol. The van der Waals surface area contributed by atoms with Crippen LogP contribution in [0.3, 0.4) is 0 Å². The van der Waals surface area contributed by atoms with Crippen molar-refractivity contribution in [3.63, 3.8) is 0 Å². The molecule has 2 amide bonds. The Bertz CT molecular complexity index is 966. The summed E-state index contributed by atoms with van der Waals surface area (Å²) in [6.45, 7) is 1.93. The molecule has 3 aromatic carbocycles. The Morgan fingerprint density at radius 2 is 1.43 bits per heavy atom. The van der Waals surface area contributed by atoms with Gasteiger partial charge in [0.05, 0.1) is 17.3 Å². The zero-order valence-electron chi connectivity index (χ0n) is 15.6. The number of para-hydroxylation sites is 1. The molecule has 140 valence electrons. The van der Waals surface area contributed by atoms with Gasteiger partial charge >= 0.3 is 0 Å². The number of carbonyl (C=O) groups excluding carboxylic acids is 2. The summed E-state index contributed by atoms with van der Waals surface area (Å²) in [4.78, 5) is 25.0. The second-order valence-electron chi connectivity index (χ2n) is 6.38. The lowest BCUT2D eigenvalue weighted by molar-refractivity contribution is -0.111. The molecule has 0 bridgehead atoms. The summed E-state index contributed by atoms with van der Waals surface area (Å²) in [6, 6.07) is 26.1. The van der Waals surface area contributed by atoms with Crippen molar-refractivity contribution in [3.8, 4) is 0 Å². The first-order chi connectivity index (χ1) is 13.6. The van der Waals surface area contributed by atoms with Crippen molar-refractivity contribution < 1.29 is 9.59 Å². The Balaban J connectivity index is 1.69. The van der Waals surface area contributed by atoms with Gasteiger partial charge in [0.1, 0.15) is 0 Å². The van der Waals surface area contributed by atoms with Crippen LogP contribution >= 0.6 is 0 Å². The fraction of sp³-hybridized carbons (Fsp3) is 0.0833. The zero-order valence-corrected chi connectivity index (χ0v) is 15.6. The van der Waals surface area contributed by atoms with Gasteiger partial charge in [-0.25, -0.2) is 0 Å². The highest BCUT2D eigenvalue weighted by Crippen LogP contribution is 2.18. The number of hydrogen-bond acceptors (Lipinski definition) is 2. The molecule has 0 aromatic heterocycles. The molecule has 0 saturated carbocycles. The molecule has 0 unspecified atom stereocenters. The van der Waals surface area contributed by atoms with Crippen molar-refractivity contribution >= 4 is 23.6 Å². The largest absolute Gasteiger partial charge is 0.345 e. The lowest BCUT2D eigenvalue weighted by Gasteiger charge is -2.16. The topological polar surface area (TPSA) is 58.2 Å². The molecule has 0 fully saturated rings. The van der Waals surface area contributed by atoms with E-state index in [9.17, 15) is 9.59 Å². The monoisotopic (exact) mass is 370 g/mol. The summed E-state index contributed by atoms with van der Waals surface area (Å²) in [5, 5.41) is 5.76. The molecule has 0 heterocycles. The van der Waals surface area contributed by atoms with Gasteiger partial charge in [0.2, 0.25) is 5.91 Å². The van der Waals surface area contributed by atoms with E-state index in [0.717, 1.165) is 11.1 Å². The van der Waals surface area contributed by atoms with Crippen LogP contribution in [0.4, 0.5) is 5.69 Å².